The molecule has 1 fully saturated rings. The highest BCUT2D eigenvalue weighted by Gasteiger charge is 2.22. The van der Waals surface area contributed by atoms with Gasteiger partial charge in [-0.3, -0.25) is 0 Å². The quantitative estimate of drug-likeness (QED) is 0.738. The van der Waals surface area contributed by atoms with Crippen LogP contribution in [0.3, 0.4) is 0 Å². The van der Waals surface area contributed by atoms with Crippen molar-refractivity contribution < 1.29 is 4.52 Å². The molecular formula is C18H23N5O. The molecule has 6 heteroatoms. The summed E-state index contributed by atoms with van der Waals surface area (Å²) in [5, 5.41) is 4.21. The summed E-state index contributed by atoms with van der Waals surface area (Å²) < 4.78 is 7.63. The van der Waals surface area contributed by atoms with Crippen LogP contribution < -0.4 is 0 Å². The van der Waals surface area contributed by atoms with E-state index in [1.54, 1.807) is 0 Å². The zero-order valence-corrected chi connectivity index (χ0v) is 14.2. The third-order valence-electron chi connectivity index (χ3n) is 5.05. The van der Waals surface area contributed by atoms with Crippen LogP contribution in [-0.2, 0) is 6.42 Å². The average Bonchev–Trinajstić information content (AvgIpc) is 3.23. The number of likely N-dealkylation sites (tertiary alicyclic amines) is 1. The molecule has 3 aromatic rings. The van der Waals surface area contributed by atoms with E-state index in [0.29, 0.717) is 11.8 Å². The van der Waals surface area contributed by atoms with Crippen molar-refractivity contribution in [2.45, 2.75) is 32.2 Å². The van der Waals surface area contributed by atoms with Crippen molar-refractivity contribution in [3.05, 3.63) is 42.3 Å². The maximum absolute atomic E-state index is 5.54. The molecule has 4 rings (SSSR count). The summed E-state index contributed by atoms with van der Waals surface area (Å²) in [4.78, 5) is 11.5. The topological polar surface area (TPSA) is 60.0 Å². The van der Waals surface area contributed by atoms with Gasteiger partial charge in [0, 0.05) is 6.42 Å². The van der Waals surface area contributed by atoms with Gasteiger partial charge in [-0.25, -0.2) is 4.98 Å². The second-order valence-corrected chi connectivity index (χ2v) is 6.82. The number of piperidine rings is 1. The molecule has 3 heterocycles. The fraction of sp³-hybridized carbons (Fsp3) is 0.500. The number of hydrogen-bond donors (Lipinski definition) is 0. The van der Waals surface area contributed by atoms with Gasteiger partial charge < -0.3 is 14.0 Å². The Morgan fingerprint density at radius 3 is 2.88 bits per heavy atom. The third kappa shape index (κ3) is 2.94. The van der Waals surface area contributed by atoms with Gasteiger partial charge in [0.15, 0.2) is 5.82 Å². The van der Waals surface area contributed by atoms with Crippen LogP contribution in [-0.4, -0.2) is 44.7 Å². The number of benzene rings is 1. The number of imidazole rings is 1. The number of fused-ring (bicyclic) bond motifs is 1. The van der Waals surface area contributed by atoms with Crippen molar-refractivity contribution in [1.82, 2.24) is 24.6 Å². The van der Waals surface area contributed by atoms with E-state index in [2.05, 4.69) is 44.6 Å². The van der Waals surface area contributed by atoms with E-state index in [0.717, 1.165) is 36.4 Å². The lowest BCUT2D eigenvalue weighted by atomic mass is 9.94. The van der Waals surface area contributed by atoms with Crippen LogP contribution in [0.15, 0.2) is 35.1 Å². The fourth-order valence-corrected chi connectivity index (χ4v) is 3.45. The Balaban J connectivity index is 1.50. The van der Waals surface area contributed by atoms with Gasteiger partial charge in [0.1, 0.15) is 6.04 Å². The Hall–Kier alpha value is -2.21. The molecule has 24 heavy (non-hydrogen) atoms. The van der Waals surface area contributed by atoms with Crippen LogP contribution in [0, 0.1) is 5.92 Å². The van der Waals surface area contributed by atoms with Gasteiger partial charge in [-0.1, -0.05) is 17.3 Å². The Morgan fingerprint density at radius 2 is 2.04 bits per heavy atom. The lowest BCUT2D eigenvalue weighted by Crippen LogP contribution is -2.31. The molecule has 0 spiro atoms. The minimum absolute atomic E-state index is 0.0175. The van der Waals surface area contributed by atoms with E-state index >= 15 is 0 Å². The van der Waals surface area contributed by atoms with Crippen molar-refractivity contribution in [1.29, 1.82) is 0 Å². The molecule has 1 aromatic carbocycles. The molecule has 2 aromatic heterocycles. The highest BCUT2D eigenvalue weighted by Crippen LogP contribution is 2.24. The van der Waals surface area contributed by atoms with Crippen molar-refractivity contribution in [3.8, 4) is 0 Å². The molecule has 0 saturated carbocycles. The number of aromatic nitrogens is 4. The first-order valence-corrected chi connectivity index (χ1v) is 8.63. The number of para-hydroxylation sites is 2. The number of nitrogens with zero attached hydrogens (tertiary/aromatic N) is 5. The van der Waals surface area contributed by atoms with Crippen LogP contribution in [0.4, 0.5) is 0 Å². The molecular weight excluding hydrogens is 302 g/mol. The van der Waals surface area contributed by atoms with E-state index in [9.17, 15) is 0 Å². The van der Waals surface area contributed by atoms with Crippen LogP contribution in [0.1, 0.15) is 37.5 Å². The minimum atomic E-state index is -0.0175. The molecule has 0 radical (unpaired) electrons. The zero-order valence-electron chi connectivity index (χ0n) is 14.2. The second kappa shape index (κ2) is 6.36. The summed E-state index contributed by atoms with van der Waals surface area (Å²) in [5.41, 5.74) is 2.07. The average molecular weight is 325 g/mol. The second-order valence-electron chi connectivity index (χ2n) is 6.82. The monoisotopic (exact) mass is 325 g/mol. The lowest BCUT2D eigenvalue weighted by Gasteiger charge is -2.28. The Kier molecular flexibility index (Phi) is 4.06. The molecule has 0 N–H and O–H groups in total. The lowest BCUT2D eigenvalue weighted by molar-refractivity contribution is 0.216. The van der Waals surface area contributed by atoms with Crippen molar-refractivity contribution in [2.75, 3.05) is 20.1 Å². The first-order valence-electron chi connectivity index (χ1n) is 8.63. The normalized spacial score (nSPS) is 18.2. The van der Waals surface area contributed by atoms with Crippen molar-refractivity contribution in [2.24, 2.45) is 5.92 Å². The summed E-state index contributed by atoms with van der Waals surface area (Å²) in [6.07, 6.45) is 5.18. The first kappa shape index (κ1) is 15.3. The van der Waals surface area contributed by atoms with E-state index in [4.69, 9.17) is 4.52 Å². The summed E-state index contributed by atoms with van der Waals surface area (Å²) in [7, 11) is 2.18. The highest BCUT2D eigenvalue weighted by atomic mass is 16.5. The van der Waals surface area contributed by atoms with Gasteiger partial charge in [0.25, 0.3) is 0 Å². The molecule has 1 aliphatic rings. The van der Waals surface area contributed by atoms with Gasteiger partial charge >= 0.3 is 0 Å². The maximum atomic E-state index is 5.54. The molecule has 126 valence electrons. The highest BCUT2D eigenvalue weighted by molar-refractivity contribution is 5.75. The number of hydrogen-bond acceptors (Lipinski definition) is 5. The van der Waals surface area contributed by atoms with E-state index in [1.807, 2.05) is 24.5 Å². The van der Waals surface area contributed by atoms with Crippen LogP contribution in [0.5, 0.6) is 0 Å². The predicted octanol–water partition coefficient (Wildman–Crippen LogP) is 2.91. The SMILES string of the molecule is C[C@@H](c1nc(CC2CCN(C)CC2)no1)n1cnc2ccccc21. The molecule has 1 aliphatic heterocycles. The van der Waals surface area contributed by atoms with E-state index < -0.39 is 0 Å². The minimum Gasteiger partial charge on any atom is -0.337 e. The molecule has 0 aliphatic carbocycles. The summed E-state index contributed by atoms with van der Waals surface area (Å²) >= 11 is 0. The van der Waals surface area contributed by atoms with Crippen LogP contribution >= 0.6 is 0 Å². The Labute approximate surface area is 141 Å². The first-order chi connectivity index (χ1) is 11.7. The molecule has 0 amide bonds. The smallest absolute Gasteiger partial charge is 0.249 e. The molecule has 0 unspecified atom stereocenters. The summed E-state index contributed by atoms with van der Waals surface area (Å²) in [6, 6.07) is 8.08. The van der Waals surface area contributed by atoms with Gasteiger partial charge in [-0.2, -0.15) is 4.98 Å². The Morgan fingerprint density at radius 1 is 1.25 bits per heavy atom. The van der Waals surface area contributed by atoms with E-state index in [-0.39, 0.29) is 6.04 Å². The third-order valence-corrected chi connectivity index (χ3v) is 5.05. The standard InChI is InChI=1S/C18H23N5O/c1-13(23-12-19-15-5-3-4-6-16(15)23)18-20-17(21-24-18)11-14-7-9-22(2)10-8-14/h3-6,12-14H,7-11H2,1-2H3/t13-/m0/s1. The fourth-order valence-electron chi connectivity index (χ4n) is 3.45. The van der Waals surface area contributed by atoms with Crippen LogP contribution in [0.2, 0.25) is 0 Å². The molecule has 6 nitrogen and oxygen atoms in total. The summed E-state index contributed by atoms with van der Waals surface area (Å²) in [5.74, 6) is 2.15. The molecule has 0 bridgehead atoms. The van der Waals surface area contributed by atoms with Crippen molar-refractivity contribution in [3.63, 3.8) is 0 Å². The number of rotatable bonds is 4. The maximum Gasteiger partial charge on any atom is 0.249 e. The van der Waals surface area contributed by atoms with Gasteiger partial charge in [-0.15, -0.1) is 0 Å². The molecule has 1 saturated heterocycles. The van der Waals surface area contributed by atoms with Crippen LogP contribution in [0.25, 0.3) is 11.0 Å². The van der Waals surface area contributed by atoms with Gasteiger partial charge in [-0.05, 0) is 58.0 Å². The van der Waals surface area contributed by atoms with Gasteiger partial charge in [0.05, 0.1) is 17.4 Å². The largest absolute Gasteiger partial charge is 0.337 e. The van der Waals surface area contributed by atoms with E-state index in [1.165, 1.54) is 12.8 Å². The van der Waals surface area contributed by atoms with Gasteiger partial charge in [0.2, 0.25) is 5.89 Å². The molecule has 1 atom stereocenters. The zero-order chi connectivity index (χ0) is 16.5. The predicted molar refractivity (Wildman–Crippen MR) is 91.8 cm³/mol. The Bertz CT molecular complexity index is 816. The summed E-state index contributed by atoms with van der Waals surface area (Å²) in [6.45, 7) is 4.39. The van der Waals surface area contributed by atoms with Crippen molar-refractivity contribution >= 4 is 11.0 Å².